The van der Waals surface area contributed by atoms with Gasteiger partial charge in [-0.1, -0.05) is 12.1 Å². The number of rotatable bonds is 9. The van der Waals surface area contributed by atoms with Crippen molar-refractivity contribution < 1.29 is 14.3 Å². The lowest BCUT2D eigenvalue weighted by Crippen LogP contribution is -2.23. The van der Waals surface area contributed by atoms with Crippen LogP contribution in [-0.4, -0.2) is 41.0 Å². The number of nitrogens with zero attached hydrogens (tertiary/aromatic N) is 3. The second-order valence-electron chi connectivity index (χ2n) is 7.28. The van der Waals surface area contributed by atoms with Gasteiger partial charge >= 0.3 is 0 Å². The summed E-state index contributed by atoms with van der Waals surface area (Å²) in [5, 5.41) is 6.03. The van der Waals surface area contributed by atoms with E-state index in [9.17, 15) is 4.79 Å². The van der Waals surface area contributed by atoms with Crippen molar-refractivity contribution in [3.05, 3.63) is 59.2 Å². The van der Waals surface area contributed by atoms with Gasteiger partial charge in [-0.2, -0.15) is 0 Å². The van der Waals surface area contributed by atoms with Crippen molar-refractivity contribution in [2.45, 2.75) is 25.4 Å². The highest BCUT2D eigenvalue weighted by Crippen LogP contribution is 2.35. The van der Waals surface area contributed by atoms with Crippen LogP contribution in [0.4, 0.5) is 10.9 Å². The Morgan fingerprint density at radius 3 is 3.00 bits per heavy atom. The van der Waals surface area contributed by atoms with Gasteiger partial charge in [0.05, 0.1) is 18.8 Å². The highest BCUT2D eigenvalue weighted by Gasteiger charge is 2.27. The number of hydrogen-bond donors (Lipinski definition) is 2. The summed E-state index contributed by atoms with van der Waals surface area (Å²) in [6, 6.07) is 12.1. The van der Waals surface area contributed by atoms with Gasteiger partial charge in [0.15, 0.2) is 23.2 Å². The molecule has 0 spiro atoms. The number of benzene rings is 1. The molecule has 31 heavy (non-hydrogen) atoms. The van der Waals surface area contributed by atoms with Crippen LogP contribution in [0.25, 0.3) is 0 Å². The van der Waals surface area contributed by atoms with E-state index >= 15 is 0 Å². The van der Waals surface area contributed by atoms with E-state index in [-0.39, 0.29) is 12.6 Å². The molecule has 0 bridgehead atoms. The number of aromatic nitrogens is 2. The average Bonchev–Trinajstić information content (AvgIpc) is 3.45. The van der Waals surface area contributed by atoms with Crippen molar-refractivity contribution in [3.8, 4) is 11.5 Å². The minimum absolute atomic E-state index is 0.180. The number of ether oxygens (including phenoxy) is 2. The van der Waals surface area contributed by atoms with E-state index in [0.717, 1.165) is 48.1 Å². The highest BCUT2D eigenvalue weighted by atomic mass is 32.1. The van der Waals surface area contributed by atoms with Crippen LogP contribution in [0, 0.1) is 0 Å². The van der Waals surface area contributed by atoms with Crippen LogP contribution in [0.1, 0.15) is 30.1 Å². The predicted octanol–water partition coefficient (Wildman–Crippen LogP) is 3.49. The minimum Gasteiger partial charge on any atom is -0.493 e. The molecule has 1 aliphatic heterocycles. The molecule has 162 valence electrons. The van der Waals surface area contributed by atoms with Crippen LogP contribution in [-0.2, 0) is 11.3 Å². The van der Waals surface area contributed by atoms with Crippen LogP contribution < -0.4 is 20.5 Å². The average molecular weight is 440 g/mol. The molecule has 2 aromatic heterocycles. The molecule has 3 heterocycles. The maximum Gasteiger partial charge on any atom is 0.255 e. The third kappa shape index (κ3) is 5.31. The Labute approximate surface area is 185 Å². The molecule has 3 aromatic rings. The summed E-state index contributed by atoms with van der Waals surface area (Å²) in [6.45, 7) is 1.59. The molecule has 1 aromatic carbocycles. The van der Waals surface area contributed by atoms with Crippen molar-refractivity contribution in [2.75, 3.05) is 25.6 Å². The molecule has 3 N–H and O–H groups in total. The Balaban J connectivity index is 1.47. The molecule has 0 aliphatic carbocycles. The van der Waals surface area contributed by atoms with Gasteiger partial charge in [0.1, 0.15) is 5.82 Å². The normalized spacial score (nSPS) is 16.2. The number of thiazole rings is 1. The van der Waals surface area contributed by atoms with Crippen LogP contribution in [0.3, 0.4) is 0 Å². The fourth-order valence-corrected chi connectivity index (χ4v) is 4.30. The molecule has 1 unspecified atom stereocenters. The van der Waals surface area contributed by atoms with E-state index in [1.54, 1.807) is 24.6 Å². The number of amides is 1. The molecule has 1 aliphatic rings. The maximum atomic E-state index is 11.0. The molecule has 9 heteroatoms. The molecule has 1 saturated heterocycles. The highest BCUT2D eigenvalue weighted by molar-refractivity contribution is 7.13. The second-order valence-corrected chi connectivity index (χ2v) is 8.17. The van der Waals surface area contributed by atoms with Crippen molar-refractivity contribution in [3.63, 3.8) is 0 Å². The Morgan fingerprint density at radius 2 is 2.23 bits per heavy atom. The summed E-state index contributed by atoms with van der Waals surface area (Å²) >= 11 is 1.55. The second kappa shape index (κ2) is 9.76. The summed E-state index contributed by atoms with van der Waals surface area (Å²) in [5.74, 6) is 1.37. The molecular weight excluding hydrogens is 414 g/mol. The molecule has 0 radical (unpaired) electrons. The first-order valence-electron chi connectivity index (χ1n) is 10.1. The van der Waals surface area contributed by atoms with Crippen LogP contribution in [0.5, 0.6) is 11.5 Å². The maximum absolute atomic E-state index is 11.0. The number of methoxy groups -OCH3 is 1. The zero-order valence-corrected chi connectivity index (χ0v) is 18.1. The first-order chi connectivity index (χ1) is 15.1. The van der Waals surface area contributed by atoms with Gasteiger partial charge in [-0.15, -0.1) is 11.3 Å². The van der Waals surface area contributed by atoms with Crippen LogP contribution >= 0.6 is 11.3 Å². The molecule has 1 atom stereocenters. The molecule has 0 saturated carbocycles. The van der Waals surface area contributed by atoms with Crippen molar-refractivity contribution >= 4 is 28.2 Å². The lowest BCUT2D eigenvalue weighted by molar-refractivity contribution is -0.119. The third-order valence-electron chi connectivity index (χ3n) is 5.13. The standard InChI is InChI=1S/C22H25N5O3S/c1-29-19-12-15(7-8-18(19)30-14-20(23)28)13-27-10-3-5-17(27)16-4-2-6-21(25-16)26-22-24-9-11-31-22/h2,4,6-9,11-12,17H,3,5,10,13-14H2,1H3,(H2,23,28)(H,24,25,26). The van der Waals surface area contributed by atoms with E-state index in [0.29, 0.717) is 11.5 Å². The Hall–Kier alpha value is -3.17. The minimum atomic E-state index is -0.523. The van der Waals surface area contributed by atoms with E-state index in [1.807, 2.05) is 35.7 Å². The first kappa shape index (κ1) is 21.1. The van der Waals surface area contributed by atoms with Gasteiger partial charge in [-0.25, -0.2) is 9.97 Å². The number of carbonyl (C=O) groups is 1. The van der Waals surface area contributed by atoms with E-state index in [1.165, 1.54) is 0 Å². The summed E-state index contributed by atoms with van der Waals surface area (Å²) in [6.07, 6.45) is 3.95. The molecule has 1 amide bonds. The zero-order valence-electron chi connectivity index (χ0n) is 17.3. The van der Waals surface area contributed by atoms with Gasteiger partial charge in [-0.05, 0) is 49.2 Å². The SMILES string of the molecule is COc1cc(CN2CCCC2c2cccc(Nc3nccs3)n2)ccc1OCC(N)=O. The predicted molar refractivity (Wildman–Crippen MR) is 120 cm³/mol. The van der Waals surface area contributed by atoms with Gasteiger partial charge < -0.3 is 20.5 Å². The zero-order chi connectivity index (χ0) is 21.6. The van der Waals surface area contributed by atoms with E-state index < -0.39 is 5.91 Å². The number of primary amides is 1. The number of anilines is 2. The first-order valence-corrected chi connectivity index (χ1v) is 11.0. The molecule has 8 nitrogen and oxygen atoms in total. The Morgan fingerprint density at radius 1 is 1.32 bits per heavy atom. The third-order valence-corrected chi connectivity index (χ3v) is 5.82. The summed E-state index contributed by atoms with van der Waals surface area (Å²) in [4.78, 5) is 22.5. The quantitative estimate of drug-likeness (QED) is 0.526. The summed E-state index contributed by atoms with van der Waals surface area (Å²) < 4.78 is 10.9. The molecule has 1 fully saturated rings. The monoisotopic (exact) mass is 439 g/mol. The van der Waals surface area contributed by atoms with Gasteiger partial charge in [-0.3, -0.25) is 9.69 Å². The van der Waals surface area contributed by atoms with Crippen LogP contribution in [0.2, 0.25) is 0 Å². The van der Waals surface area contributed by atoms with Crippen molar-refractivity contribution in [2.24, 2.45) is 5.73 Å². The Bertz CT molecular complexity index is 1030. The number of pyridine rings is 1. The van der Waals surface area contributed by atoms with E-state index in [4.69, 9.17) is 20.2 Å². The van der Waals surface area contributed by atoms with Gasteiger partial charge in [0.2, 0.25) is 0 Å². The summed E-state index contributed by atoms with van der Waals surface area (Å²) in [5.41, 5.74) is 7.32. The fourth-order valence-electron chi connectivity index (χ4n) is 3.76. The number of hydrogen-bond acceptors (Lipinski definition) is 8. The smallest absolute Gasteiger partial charge is 0.255 e. The lowest BCUT2D eigenvalue weighted by atomic mass is 10.1. The van der Waals surface area contributed by atoms with Gasteiger partial charge in [0, 0.05) is 18.1 Å². The number of carbonyl (C=O) groups excluding carboxylic acids is 1. The summed E-state index contributed by atoms with van der Waals surface area (Å²) in [7, 11) is 1.58. The van der Waals surface area contributed by atoms with E-state index in [2.05, 4.69) is 21.3 Å². The molecule has 4 rings (SSSR count). The Kier molecular flexibility index (Phi) is 6.63. The molecular formula is C22H25N5O3S. The largest absolute Gasteiger partial charge is 0.493 e. The van der Waals surface area contributed by atoms with Crippen molar-refractivity contribution in [1.29, 1.82) is 0 Å². The van der Waals surface area contributed by atoms with Crippen LogP contribution in [0.15, 0.2) is 48.0 Å². The topological polar surface area (TPSA) is 103 Å². The van der Waals surface area contributed by atoms with Gasteiger partial charge in [0.25, 0.3) is 5.91 Å². The fraction of sp³-hybridized carbons (Fsp3) is 0.318. The number of nitrogens with one attached hydrogen (secondary N) is 1. The number of nitrogens with two attached hydrogens (primary N) is 1. The van der Waals surface area contributed by atoms with Crippen molar-refractivity contribution in [1.82, 2.24) is 14.9 Å². The number of likely N-dealkylation sites (tertiary alicyclic amines) is 1. The lowest BCUT2D eigenvalue weighted by Gasteiger charge is -2.25.